The first-order valence-corrected chi connectivity index (χ1v) is 8.11. The third-order valence-corrected chi connectivity index (χ3v) is 4.37. The molecule has 1 saturated heterocycles. The molecule has 1 unspecified atom stereocenters. The van der Waals surface area contributed by atoms with E-state index in [4.69, 9.17) is 21.8 Å². The van der Waals surface area contributed by atoms with Crippen molar-refractivity contribution in [1.82, 2.24) is 5.32 Å². The predicted molar refractivity (Wildman–Crippen MR) is 91.4 cm³/mol. The van der Waals surface area contributed by atoms with Crippen molar-refractivity contribution in [2.45, 2.75) is 18.9 Å². The summed E-state index contributed by atoms with van der Waals surface area (Å²) in [5.74, 6) is -1.00. The number of para-hydroxylation sites is 1. The van der Waals surface area contributed by atoms with Crippen LogP contribution in [-0.2, 0) is 0 Å². The van der Waals surface area contributed by atoms with E-state index in [1.54, 1.807) is 0 Å². The fourth-order valence-electron chi connectivity index (χ4n) is 2.88. The molecule has 3 N–H and O–H groups in total. The van der Waals surface area contributed by atoms with Gasteiger partial charge in [0.25, 0.3) is 11.8 Å². The predicted octanol–water partition coefficient (Wildman–Crippen LogP) is 2.43. The number of piperidine rings is 1. The molecule has 1 aliphatic heterocycles. The molecule has 0 saturated carbocycles. The number of primary amides is 1. The largest absolute Gasteiger partial charge is 0.458 e. The van der Waals surface area contributed by atoms with Gasteiger partial charge in [-0.1, -0.05) is 23.7 Å². The second kappa shape index (κ2) is 6.97. The Morgan fingerprint density at radius 2 is 2.12 bits per heavy atom. The van der Waals surface area contributed by atoms with Gasteiger partial charge in [-0.15, -0.1) is 0 Å². The minimum atomic E-state index is -0.698. The minimum Gasteiger partial charge on any atom is -0.458 e. The summed E-state index contributed by atoms with van der Waals surface area (Å²) < 4.78 is 4.98. The van der Waals surface area contributed by atoms with E-state index in [1.165, 1.54) is 12.3 Å². The highest BCUT2D eigenvalue weighted by Gasteiger charge is 2.24. The average molecular weight is 348 g/mol. The Bertz CT molecular complexity index is 759. The lowest BCUT2D eigenvalue weighted by Gasteiger charge is -2.35. The van der Waals surface area contributed by atoms with Gasteiger partial charge in [-0.2, -0.15) is 0 Å². The van der Waals surface area contributed by atoms with E-state index in [1.807, 2.05) is 24.3 Å². The van der Waals surface area contributed by atoms with Crippen LogP contribution in [0.5, 0.6) is 0 Å². The third kappa shape index (κ3) is 3.54. The lowest BCUT2D eigenvalue weighted by molar-refractivity contribution is 0.0931. The van der Waals surface area contributed by atoms with Crippen LogP contribution in [0.1, 0.15) is 33.8 Å². The summed E-state index contributed by atoms with van der Waals surface area (Å²) in [6.45, 7) is 1.57. The smallest absolute Gasteiger partial charge is 0.284 e. The van der Waals surface area contributed by atoms with E-state index >= 15 is 0 Å². The van der Waals surface area contributed by atoms with Crippen molar-refractivity contribution in [3.8, 4) is 0 Å². The number of anilines is 1. The molecule has 3 rings (SSSR count). The average Bonchev–Trinajstić information content (AvgIpc) is 3.06. The van der Waals surface area contributed by atoms with Gasteiger partial charge in [0.05, 0.1) is 16.3 Å². The van der Waals surface area contributed by atoms with E-state index in [9.17, 15) is 9.59 Å². The number of nitrogens with two attached hydrogens (primary N) is 1. The third-order valence-electron chi connectivity index (χ3n) is 4.05. The maximum atomic E-state index is 12.3. The quantitative estimate of drug-likeness (QED) is 0.889. The minimum absolute atomic E-state index is 0.00514. The topological polar surface area (TPSA) is 88.6 Å². The van der Waals surface area contributed by atoms with Gasteiger partial charge in [-0.3, -0.25) is 9.59 Å². The molecule has 24 heavy (non-hydrogen) atoms. The van der Waals surface area contributed by atoms with Crippen LogP contribution in [0.15, 0.2) is 41.0 Å². The molecule has 2 amide bonds. The molecular weight excluding hydrogens is 330 g/mol. The maximum absolute atomic E-state index is 12.3. The van der Waals surface area contributed by atoms with Crippen LogP contribution in [0, 0.1) is 0 Å². The monoisotopic (exact) mass is 347 g/mol. The van der Waals surface area contributed by atoms with Crippen LogP contribution in [0.2, 0.25) is 5.02 Å². The first kappa shape index (κ1) is 16.4. The van der Waals surface area contributed by atoms with Gasteiger partial charge < -0.3 is 20.4 Å². The first-order chi connectivity index (χ1) is 11.5. The summed E-state index contributed by atoms with van der Waals surface area (Å²) in [4.78, 5) is 25.5. The van der Waals surface area contributed by atoms with Crippen LogP contribution in [-0.4, -0.2) is 30.9 Å². The van der Waals surface area contributed by atoms with Crippen LogP contribution in [0.3, 0.4) is 0 Å². The Balaban J connectivity index is 1.65. The Morgan fingerprint density at radius 1 is 1.33 bits per heavy atom. The van der Waals surface area contributed by atoms with Crippen molar-refractivity contribution in [3.63, 3.8) is 0 Å². The molecular formula is C17H18ClN3O3. The number of hydrogen-bond acceptors (Lipinski definition) is 4. The van der Waals surface area contributed by atoms with Crippen LogP contribution < -0.4 is 16.0 Å². The molecule has 1 fully saturated rings. The highest BCUT2D eigenvalue weighted by atomic mass is 35.5. The number of furan rings is 1. The molecule has 126 valence electrons. The van der Waals surface area contributed by atoms with Crippen LogP contribution in [0.25, 0.3) is 0 Å². The number of carbonyl (C=O) groups is 2. The SMILES string of the molecule is NC(=O)c1cc(C(=O)NC2CCCN(c3ccccc3Cl)C2)co1. The van der Waals surface area contributed by atoms with Crippen LogP contribution in [0.4, 0.5) is 5.69 Å². The lowest BCUT2D eigenvalue weighted by Crippen LogP contribution is -2.47. The molecule has 1 aliphatic rings. The zero-order chi connectivity index (χ0) is 17.1. The number of hydrogen-bond donors (Lipinski definition) is 2. The molecule has 0 bridgehead atoms. The molecule has 1 aromatic heterocycles. The van der Waals surface area contributed by atoms with Crippen molar-refractivity contribution < 1.29 is 14.0 Å². The standard InChI is InChI=1S/C17H18ClN3O3/c18-13-5-1-2-6-14(13)21-7-3-4-12(9-21)20-17(23)11-8-15(16(19)22)24-10-11/h1-2,5-6,8,10,12H,3-4,7,9H2,(H2,19,22)(H,20,23). The molecule has 2 heterocycles. The van der Waals surface area contributed by atoms with Crippen molar-refractivity contribution in [2.24, 2.45) is 5.73 Å². The summed E-state index contributed by atoms with van der Waals surface area (Å²) in [5, 5.41) is 3.67. The van der Waals surface area contributed by atoms with E-state index in [0.717, 1.165) is 25.1 Å². The summed E-state index contributed by atoms with van der Waals surface area (Å²) in [5.41, 5.74) is 6.38. The number of amides is 2. The van der Waals surface area contributed by atoms with Gasteiger partial charge in [-0.25, -0.2) is 0 Å². The second-order valence-electron chi connectivity index (χ2n) is 5.77. The molecule has 7 heteroatoms. The number of benzene rings is 1. The zero-order valence-corrected chi connectivity index (χ0v) is 13.8. The summed E-state index contributed by atoms with van der Waals surface area (Å²) in [6, 6.07) is 9.02. The fourth-order valence-corrected chi connectivity index (χ4v) is 3.13. The first-order valence-electron chi connectivity index (χ1n) is 7.73. The number of nitrogens with zero attached hydrogens (tertiary/aromatic N) is 1. The van der Waals surface area contributed by atoms with E-state index in [-0.39, 0.29) is 17.7 Å². The Hall–Kier alpha value is -2.47. The maximum Gasteiger partial charge on any atom is 0.284 e. The number of nitrogens with one attached hydrogen (secondary N) is 1. The van der Waals surface area contributed by atoms with E-state index in [0.29, 0.717) is 17.1 Å². The van der Waals surface area contributed by atoms with Gasteiger partial charge in [0.15, 0.2) is 5.76 Å². The molecule has 1 atom stereocenters. The van der Waals surface area contributed by atoms with Gasteiger partial charge in [0.1, 0.15) is 6.26 Å². The van der Waals surface area contributed by atoms with Crippen molar-refractivity contribution >= 4 is 29.1 Å². The molecule has 0 spiro atoms. The van der Waals surface area contributed by atoms with Crippen LogP contribution >= 0.6 is 11.6 Å². The Labute approximate surface area is 144 Å². The summed E-state index contributed by atoms with van der Waals surface area (Å²) >= 11 is 6.25. The number of halogens is 1. The number of carbonyl (C=O) groups excluding carboxylic acids is 2. The highest BCUT2D eigenvalue weighted by Crippen LogP contribution is 2.27. The summed E-state index contributed by atoms with van der Waals surface area (Å²) in [7, 11) is 0. The second-order valence-corrected chi connectivity index (χ2v) is 6.18. The molecule has 2 aromatic rings. The highest BCUT2D eigenvalue weighted by molar-refractivity contribution is 6.33. The van der Waals surface area contributed by atoms with E-state index < -0.39 is 5.91 Å². The molecule has 1 aromatic carbocycles. The Morgan fingerprint density at radius 3 is 2.83 bits per heavy atom. The van der Waals surface area contributed by atoms with Gasteiger partial charge in [0, 0.05) is 25.2 Å². The molecule has 6 nitrogen and oxygen atoms in total. The van der Waals surface area contributed by atoms with Crippen molar-refractivity contribution in [3.05, 3.63) is 52.9 Å². The van der Waals surface area contributed by atoms with Gasteiger partial charge in [0.2, 0.25) is 0 Å². The Kier molecular flexibility index (Phi) is 4.76. The normalized spacial score (nSPS) is 17.5. The molecule has 0 radical (unpaired) electrons. The fraction of sp³-hybridized carbons (Fsp3) is 0.294. The van der Waals surface area contributed by atoms with Crippen molar-refractivity contribution in [1.29, 1.82) is 0 Å². The van der Waals surface area contributed by atoms with Gasteiger partial charge in [-0.05, 0) is 25.0 Å². The zero-order valence-electron chi connectivity index (χ0n) is 13.0. The summed E-state index contributed by atoms with van der Waals surface area (Å²) in [6.07, 6.45) is 3.07. The van der Waals surface area contributed by atoms with Gasteiger partial charge >= 0.3 is 0 Å². The molecule has 0 aliphatic carbocycles. The van der Waals surface area contributed by atoms with E-state index in [2.05, 4.69) is 10.2 Å². The lowest BCUT2D eigenvalue weighted by atomic mass is 10.0. The van der Waals surface area contributed by atoms with Crippen molar-refractivity contribution in [2.75, 3.05) is 18.0 Å². The number of rotatable bonds is 4.